The summed E-state index contributed by atoms with van der Waals surface area (Å²) in [7, 11) is 1.25. The van der Waals surface area contributed by atoms with Crippen molar-refractivity contribution in [3.63, 3.8) is 0 Å². The fourth-order valence-corrected chi connectivity index (χ4v) is 2.16. The number of halogens is 1. The third kappa shape index (κ3) is 5.58. The molecule has 0 spiro atoms. The molecule has 2 N–H and O–H groups in total. The molecule has 1 heterocycles. The van der Waals surface area contributed by atoms with E-state index in [0.717, 1.165) is 5.56 Å². The lowest BCUT2D eigenvalue weighted by atomic mass is 10.1. The van der Waals surface area contributed by atoms with Gasteiger partial charge in [-0.05, 0) is 29.8 Å². The predicted octanol–water partition coefficient (Wildman–Crippen LogP) is 1.82. The highest BCUT2D eigenvalue weighted by molar-refractivity contribution is 6.33. The number of pyridine rings is 1. The molecule has 7 nitrogen and oxygen atoms in total. The third-order valence-electron chi connectivity index (χ3n) is 3.24. The van der Waals surface area contributed by atoms with Crippen LogP contribution in [-0.4, -0.2) is 36.4 Å². The van der Waals surface area contributed by atoms with Crippen LogP contribution in [0.5, 0.6) is 0 Å². The molecule has 0 unspecified atom stereocenters. The Morgan fingerprint density at radius 3 is 2.52 bits per heavy atom. The second kappa shape index (κ2) is 8.79. The van der Waals surface area contributed by atoms with Gasteiger partial charge >= 0.3 is 5.97 Å². The van der Waals surface area contributed by atoms with E-state index in [4.69, 9.17) is 11.6 Å². The Kier molecular flexibility index (Phi) is 6.47. The second-order valence-corrected chi connectivity index (χ2v) is 5.38. The number of ether oxygens (including phenoxy) is 1. The zero-order valence-corrected chi connectivity index (χ0v) is 14.2. The minimum Gasteiger partial charge on any atom is -0.468 e. The lowest BCUT2D eigenvalue weighted by Gasteiger charge is -2.08. The fraction of sp³-hybridized carbons (Fsp3) is 0.176. The summed E-state index contributed by atoms with van der Waals surface area (Å²) in [5, 5.41) is 5.28. The molecular weight excluding hydrogens is 346 g/mol. The number of methoxy groups -OCH3 is 1. The molecule has 2 amide bonds. The van der Waals surface area contributed by atoms with Crippen LogP contribution in [-0.2, 0) is 20.7 Å². The zero-order chi connectivity index (χ0) is 18.2. The van der Waals surface area contributed by atoms with E-state index < -0.39 is 5.97 Å². The summed E-state index contributed by atoms with van der Waals surface area (Å²) in [6, 6.07) is 9.95. The Labute approximate surface area is 149 Å². The molecule has 8 heteroatoms. The van der Waals surface area contributed by atoms with Crippen LogP contribution >= 0.6 is 11.6 Å². The van der Waals surface area contributed by atoms with Gasteiger partial charge in [0.05, 0.1) is 19.1 Å². The minimum atomic E-state index is -0.513. The molecule has 0 aliphatic rings. The number of esters is 1. The molecule has 2 rings (SSSR count). The molecule has 0 saturated carbocycles. The van der Waals surface area contributed by atoms with Gasteiger partial charge in [0.15, 0.2) is 0 Å². The Morgan fingerprint density at radius 2 is 1.88 bits per heavy atom. The van der Waals surface area contributed by atoms with Crippen LogP contribution in [0.25, 0.3) is 0 Å². The molecule has 2 aromatic rings. The number of nitrogens with zero attached hydrogens (tertiary/aromatic N) is 1. The number of rotatable bonds is 6. The van der Waals surface area contributed by atoms with Crippen LogP contribution < -0.4 is 10.6 Å². The van der Waals surface area contributed by atoms with E-state index in [1.807, 2.05) is 0 Å². The van der Waals surface area contributed by atoms with Gasteiger partial charge in [-0.3, -0.25) is 14.4 Å². The largest absolute Gasteiger partial charge is 0.468 e. The third-order valence-corrected chi connectivity index (χ3v) is 3.54. The number of carbonyl (C=O) groups excluding carboxylic acids is 3. The molecule has 0 atom stereocenters. The van der Waals surface area contributed by atoms with Crippen molar-refractivity contribution in [2.75, 3.05) is 19.0 Å². The summed E-state index contributed by atoms with van der Waals surface area (Å²) in [6.07, 6.45) is 1.61. The molecule has 0 saturated heterocycles. The summed E-state index contributed by atoms with van der Waals surface area (Å²) in [5.74, 6) is -1.19. The average Bonchev–Trinajstić information content (AvgIpc) is 2.61. The van der Waals surface area contributed by atoms with Crippen molar-refractivity contribution in [1.29, 1.82) is 0 Å². The fourth-order valence-electron chi connectivity index (χ4n) is 1.95. The van der Waals surface area contributed by atoms with Crippen LogP contribution in [0.4, 0.5) is 5.69 Å². The number of amides is 2. The van der Waals surface area contributed by atoms with E-state index in [1.165, 1.54) is 13.3 Å². The summed E-state index contributed by atoms with van der Waals surface area (Å²) in [6.45, 7) is -0.171. The van der Waals surface area contributed by atoms with Crippen molar-refractivity contribution in [3.8, 4) is 0 Å². The van der Waals surface area contributed by atoms with Crippen LogP contribution in [0.3, 0.4) is 0 Å². The van der Waals surface area contributed by atoms with Crippen molar-refractivity contribution in [1.82, 2.24) is 10.3 Å². The van der Waals surface area contributed by atoms with Crippen molar-refractivity contribution in [2.24, 2.45) is 0 Å². The van der Waals surface area contributed by atoms with Gasteiger partial charge in [0.25, 0.3) is 5.91 Å². The number of hydrogen-bond acceptors (Lipinski definition) is 5. The standard InChI is InChI=1S/C17H16ClN3O4/c1-25-15(23)10-20-14(22)9-11-4-6-12(7-5-11)21-17(24)13-3-2-8-19-16(13)18/h2-8H,9-10H2,1H3,(H,20,22)(H,21,24). The molecule has 25 heavy (non-hydrogen) atoms. The van der Waals surface area contributed by atoms with Gasteiger partial charge in [0, 0.05) is 11.9 Å². The Bertz CT molecular complexity index is 778. The number of hydrogen-bond donors (Lipinski definition) is 2. The van der Waals surface area contributed by atoms with E-state index in [9.17, 15) is 14.4 Å². The molecule has 0 bridgehead atoms. The first kappa shape index (κ1) is 18.4. The van der Waals surface area contributed by atoms with Crippen molar-refractivity contribution in [3.05, 3.63) is 58.9 Å². The maximum Gasteiger partial charge on any atom is 0.325 e. The van der Waals surface area contributed by atoms with E-state index >= 15 is 0 Å². The number of aromatic nitrogens is 1. The number of benzene rings is 1. The Balaban J connectivity index is 1.91. The first-order valence-corrected chi connectivity index (χ1v) is 7.71. The molecular formula is C17H16ClN3O4. The topological polar surface area (TPSA) is 97.4 Å². The highest BCUT2D eigenvalue weighted by atomic mass is 35.5. The molecule has 130 valence electrons. The highest BCUT2D eigenvalue weighted by Crippen LogP contribution is 2.15. The van der Waals surface area contributed by atoms with Crippen molar-refractivity contribution in [2.45, 2.75) is 6.42 Å². The molecule has 0 aliphatic heterocycles. The lowest BCUT2D eigenvalue weighted by Crippen LogP contribution is -2.31. The molecule has 1 aromatic heterocycles. The van der Waals surface area contributed by atoms with Gasteiger partial charge in [-0.1, -0.05) is 23.7 Å². The van der Waals surface area contributed by atoms with E-state index in [1.54, 1.807) is 36.4 Å². The number of nitrogens with one attached hydrogen (secondary N) is 2. The molecule has 0 fully saturated rings. The van der Waals surface area contributed by atoms with Crippen LogP contribution in [0.2, 0.25) is 5.15 Å². The van der Waals surface area contributed by atoms with Gasteiger partial charge in [0.2, 0.25) is 5.91 Å². The Morgan fingerprint density at radius 1 is 1.16 bits per heavy atom. The van der Waals surface area contributed by atoms with Crippen LogP contribution in [0, 0.1) is 0 Å². The quantitative estimate of drug-likeness (QED) is 0.604. The van der Waals surface area contributed by atoms with Gasteiger partial charge in [-0.15, -0.1) is 0 Å². The number of carbonyl (C=O) groups is 3. The van der Waals surface area contributed by atoms with Crippen LogP contribution in [0.15, 0.2) is 42.6 Å². The summed E-state index contributed by atoms with van der Waals surface area (Å²) < 4.78 is 4.44. The summed E-state index contributed by atoms with van der Waals surface area (Å²) >= 11 is 5.88. The maximum absolute atomic E-state index is 12.1. The molecule has 1 aromatic carbocycles. The van der Waals surface area contributed by atoms with E-state index in [-0.39, 0.29) is 35.5 Å². The second-order valence-electron chi connectivity index (χ2n) is 5.02. The normalized spacial score (nSPS) is 10.0. The zero-order valence-electron chi connectivity index (χ0n) is 13.4. The minimum absolute atomic E-state index is 0.111. The predicted molar refractivity (Wildman–Crippen MR) is 92.4 cm³/mol. The van der Waals surface area contributed by atoms with Gasteiger partial charge in [-0.25, -0.2) is 4.98 Å². The van der Waals surface area contributed by atoms with Gasteiger partial charge in [-0.2, -0.15) is 0 Å². The summed E-state index contributed by atoms with van der Waals surface area (Å²) in [4.78, 5) is 38.7. The van der Waals surface area contributed by atoms with Crippen molar-refractivity contribution < 1.29 is 19.1 Å². The summed E-state index contributed by atoms with van der Waals surface area (Å²) in [5.41, 5.74) is 1.57. The average molecular weight is 362 g/mol. The van der Waals surface area contributed by atoms with Crippen LogP contribution in [0.1, 0.15) is 15.9 Å². The first-order chi connectivity index (χ1) is 12.0. The smallest absolute Gasteiger partial charge is 0.325 e. The molecule has 0 aliphatic carbocycles. The van der Waals surface area contributed by atoms with Gasteiger partial charge in [0.1, 0.15) is 11.7 Å². The van der Waals surface area contributed by atoms with Gasteiger partial charge < -0.3 is 15.4 Å². The first-order valence-electron chi connectivity index (χ1n) is 7.34. The Hall–Kier alpha value is -2.93. The van der Waals surface area contributed by atoms with E-state index in [0.29, 0.717) is 5.69 Å². The SMILES string of the molecule is COC(=O)CNC(=O)Cc1ccc(NC(=O)c2cccnc2Cl)cc1. The number of anilines is 1. The lowest BCUT2D eigenvalue weighted by molar-refractivity contribution is -0.141. The van der Waals surface area contributed by atoms with E-state index in [2.05, 4.69) is 20.4 Å². The highest BCUT2D eigenvalue weighted by Gasteiger charge is 2.11. The maximum atomic E-state index is 12.1. The van der Waals surface area contributed by atoms with Crippen molar-refractivity contribution >= 4 is 35.1 Å². The monoisotopic (exact) mass is 361 g/mol. The molecule has 0 radical (unpaired) electrons.